The van der Waals surface area contributed by atoms with Gasteiger partial charge in [0.25, 0.3) is 0 Å². The fourth-order valence-corrected chi connectivity index (χ4v) is 1.98. The third-order valence-corrected chi connectivity index (χ3v) is 3.20. The van der Waals surface area contributed by atoms with Gasteiger partial charge in [0.1, 0.15) is 0 Å². The first kappa shape index (κ1) is 12.5. The van der Waals surface area contributed by atoms with Gasteiger partial charge in [-0.3, -0.25) is 4.79 Å². The van der Waals surface area contributed by atoms with E-state index in [2.05, 4.69) is 5.32 Å². The van der Waals surface area contributed by atoms with E-state index in [1.54, 1.807) is 0 Å². The minimum Gasteiger partial charge on any atom is -0.394 e. The van der Waals surface area contributed by atoms with Gasteiger partial charge in [-0.25, -0.2) is 0 Å². The van der Waals surface area contributed by atoms with Gasteiger partial charge in [0.15, 0.2) is 0 Å². The first-order chi connectivity index (χ1) is 7.17. The highest BCUT2D eigenvalue weighted by Gasteiger charge is 2.25. The van der Waals surface area contributed by atoms with Gasteiger partial charge in [-0.2, -0.15) is 0 Å². The van der Waals surface area contributed by atoms with Gasteiger partial charge in [-0.15, -0.1) is 0 Å². The summed E-state index contributed by atoms with van der Waals surface area (Å²) < 4.78 is 0. The summed E-state index contributed by atoms with van der Waals surface area (Å²) in [5.74, 6) is 0.188. The van der Waals surface area contributed by atoms with Crippen LogP contribution >= 0.6 is 0 Å². The molecule has 1 fully saturated rings. The van der Waals surface area contributed by atoms with E-state index < -0.39 is 0 Å². The van der Waals surface area contributed by atoms with Gasteiger partial charge < -0.3 is 16.2 Å². The van der Waals surface area contributed by atoms with Gasteiger partial charge in [0.2, 0.25) is 5.91 Å². The maximum atomic E-state index is 11.8. The average Bonchev–Trinajstić information content (AvgIpc) is 2.26. The molecule has 1 atom stereocenters. The van der Waals surface area contributed by atoms with Crippen LogP contribution in [0.25, 0.3) is 0 Å². The number of amides is 1. The van der Waals surface area contributed by atoms with Gasteiger partial charge in [-0.05, 0) is 32.1 Å². The van der Waals surface area contributed by atoms with E-state index in [-0.39, 0.29) is 30.5 Å². The van der Waals surface area contributed by atoms with Crippen molar-refractivity contribution >= 4 is 5.91 Å². The summed E-state index contributed by atoms with van der Waals surface area (Å²) >= 11 is 0. The zero-order valence-corrected chi connectivity index (χ0v) is 9.41. The number of aliphatic hydroxyl groups excluding tert-OH is 1. The van der Waals surface area contributed by atoms with Crippen LogP contribution in [0.15, 0.2) is 0 Å². The van der Waals surface area contributed by atoms with Crippen LogP contribution in [0.1, 0.15) is 39.0 Å². The Bertz CT molecular complexity index is 197. The summed E-state index contributed by atoms with van der Waals surface area (Å²) in [5.41, 5.74) is 5.78. The Morgan fingerprint density at radius 3 is 2.53 bits per heavy atom. The van der Waals surface area contributed by atoms with Crippen molar-refractivity contribution in [3.8, 4) is 0 Å². The van der Waals surface area contributed by atoms with Crippen molar-refractivity contribution in [2.24, 2.45) is 11.7 Å². The molecule has 0 aromatic heterocycles. The van der Waals surface area contributed by atoms with E-state index in [9.17, 15) is 4.79 Å². The van der Waals surface area contributed by atoms with Crippen molar-refractivity contribution in [1.29, 1.82) is 0 Å². The molecule has 0 heterocycles. The fourth-order valence-electron chi connectivity index (χ4n) is 1.98. The third-order valence-electron chi connectivity index (χ3n) is 3.20. The lowest BCUT2D eigenvalue weighted by atomic mass is 9.86. The number of rotatable bonds is 4. The van der Waals surface area contributed by atoms with Gasteiger partial charge in [0, 0.05) is 12.0 Å². The maximum Gasteiger partial charge on any atom is 0.223 e. The first-order valence-electron chi connectivity index (χ1n) is 5.84. The van der Waals surface area contributed by atoms with Crippen molar-refractivity contribution < 1.29 is 9.90 Å². The molecule has 0 spiro atoms. The Morgan fingerprint density at radius 1 is 1.47 bits per heavy atom. The van der Waals surface area contributed by atoms with E-state index in [0.29, 0.717) is 0 Å². The lowest BCUT2D eigenvalue weighted by Crippen LogP contribution is -2.42. The molecule has 1 amide bonds. The smallest absolute Gasteiger partial charge is 0.223 e. The Kier molecular flexibility index (Phi) is 5.05. The highest BCUT2D eigenvalue weighted by atomic mass is 16.3. The summed E-state index contributed by atoms with van der Waals surface area (Å²) in [6, 6.07) is 0.182. The minimum atomic E-state index is -0.0897. The largest absolute Gasteiger partial charge is 0.394 e. The van der Waals surface area contributed by atoms with Crippen molar-refractivity contribution in [3.63, 3.8) is 0 Å². The lowest BCUT2D eigenvalue weighted by molar-refractivity contribution is -0.127. The van der Waals surface area contributed by atoms with Gasteiger partial charge in [0.05, 0.1) is 12.6 Å². The number of aliphatic hydroxyl groups is 1. The monoisotopic (exact) mass is 214 g/mol. The quantitative estimate of drug-likeness (QED) is 0.633. The van der Waals surface area contributed by atoms with Crippen LogP contribution < -0.4 is 11.1 Å². The Balaban J connectivity index is 2.33. The lowest BCUT2D eigenvalue weighted by Gasteiger charge is -2.26. The summed E-state index contributed by atoms with van der Waals surface area (Å²) in [7, 11) is 0. The molecule has 4 N–H and O–H groups in total. The average molecular weight is 214 g/mol. The molecule has 0 aromatic carbocycles. The first-order valence-corrected chi connectivity index (χ1v) is 5.84. The normalized spacial score (nSPS) is 28.5. The van der Waals surface area contributed by atoms with Crippen LogP contribution in [0.3, 0.4) is 0 Å². The second-order valence-corrected chi connectivity index (χ2v) is 4.41. The second kappa shape index (κ2) is 6.08. The zero-order valence-electron chi connectivity index (χ0n) is 9.41. The standard InChI is InChI=1S/C11H22N2O2/c1-2-10(7-14)13-11(15)8-3-5-9(12)6-4-8/h8-10,14H,2-7,12H2,1H3,(H,13,15)/t8?,9?,10-/m1/s1. The van der Waals surface area contributed by atoms with Crippen molar-refractivity contribution in [3.05, 3.63) is 0 Å². The number of carbonyl (C=O) groups excluding carboxylic acids is 1. The molecular formula is C11H22N2O2. The molecule has 0 saturated heterocycles. The minimum absolute atomic E-state index is 0.0223. The van der Waals surface area contributed by atoms with E-state index in [4.69, 9.17) is 10.8 Å². The van der Waals surface area contributed by atoms with Crippen LogP contribution in [0.2, 0.25) is 0 Å². The zero-order chi connectivity index (χ0) is 11.3. The van der Waals surface area contributed by atoms with Crippen molar-refractivity contribution in [1.82, 2.24) is 5.32 Å². The van der Waals surface area contributed by atoms with E-state index in [0.717, 1.165) is 32.1 Å². The Morgan fingerprint density at radius 2 is 2.07 bits per heavy atom. The number of hydrogen-bond acceptors (Lipinski definition) is 3. The van der Waals surface area contributed by atoms with Crippen LogP contribution in [0.5, 0.6) is 0 Å². The van der Waals surface area contributed by atoms with Crippen molar-refractivity contribution in [2.75, 3.05) is 6.61 Å². The van der Waals surface area contributed by atoms with Crippen LogP contribution in [-0.2, 0) is 4.79 Å². The number of nitrogens with two attached hydrogens (primary N) is 1. The molecule has 0 unspecified atom stereocenters. The molecule has 1 aliphatic carbocycles. The molecule has 1 aliphatic rings. The van der Waals surface area contributed by atoms with E-state index >= 15 is 0 Å². The molecule has 0 bridgehead atoms. The predicted octanol–water partition coefficient (Wildman–Crippen LogP) is 0.391. The fraction of sp³-hybridized carbons (Fsp3) is 0.909. The Labute approximate surface area is 91.2 Å². The number of hydrogen-bond donors (Lipinski definition) is 3. The Hall–Kier alpha value is -0.610. The molecule has 0 aromatic rings. The molecule has 1 rings (SSSR count). The van der Waals surface area contributed by atoms with E-state index in [1.165, 1.54) is 0 Å². The summed E-state index contributed by atoms with van der Waals surface area (Å²) in [6.07, 6.45) is 4.42. The highest BCUT2D eigenvalue weighted by molar-refractivity contribution is 5.79. The summed E-state index contributed by atoms with van der Waals surface area (Å²) in [6.45, 7) is 1.98. The SMILES string of the molecule is CC[C@H](CO)NC(=O)C1CCC(N)CC1. The number of carbonyl (C=O) groups is 1. The second-order valence-electron chi connectivity index (χ2n) is 4.41. The molecule has 15 heavy (non-hydrogen) atoms. The predicted molar refractivity (Wildman–Crippen MR) is 59.2 cm³/mol. The van der Waals surface area contributed by atoms with Crippen LogP contribution in [-0.4, -0.2) is 29.7 Å². The molecular weight excluding hydrogens is 192 g/mol. The van der Waals surface area contributed by atoms with Gasteiger partial charge >= 0.3 is 0 Å². The van der Waals surface area contributed by atoms with Gasteiger partial charge in [-0.1, -0.05) is 6.92 Å². The van der Waals surface area contributed by atoms with Crippen LogP contribution in [0, 0.1) is 5.92 Å². The molecule has 4 nitrogen and oxygen atoms in total. The van der Waals surface area contributed by atoms with Crippen molar-refractivity contribution in [2.45, 2.75) is 51.1 Å². The maximum absolute atomic E-state index is 11.8. The molecule has 4 heteroatoms. The summed E-state index contributed by atoms with van der Waals surface area (Å²) in [4.78, 5) is 11.8. The number of nitrogens with one attached hydrogen (secondary N) is 1. The third kappa shape index (κ3) is 3.80. The molecule has 0 aliphatic heterocycles. The van der Waals surface area contributed by atoms with E-state index in [1.807, 2.05) is 6.92 Å². The topological polar surface area (TPSA) is 75.3 Å². The molecule has 0 radical (unpaired) electrons. The molecule has 1 saturated carbocycles. The molecule has 88 valence electrons. The van der Waals surface area contributed by atoms with Crippen LogP contribution in [0.4, 0.5) is 0 Å². The highest BCUT2D eigenvalue weighted by Crippen LogP contribution is 2.23. The summed E-state index contributed by atoms with van der Waals surface area (Å²) in [5, 5.41) is 11.9.